The van der Waals surface area contributed by atoms with Crippen LogP contribution >= 0.6 is 0 Å². The normalized spacial score (nSPS) is 10.5. The van der Waals surface area contributed by atoms with Crippen molar-refractivity contribution in [1.29, 1.82) is 0 Å². The molecule has 0 aliphatic carbocycles. The van der Waals surface area contributed by atoms with Gasteiger partial charge in [0.05, 0.1) is 13.7 Å². The average molecular weight is 261 g/mol. The highest BCUT2D eigenvalue weighted by atomic mass is 16.5. The number of hydrogen-bond acceptors (Lipinski definition) is 4. The van der Waals surface area contributed by atoms with Gasteiger partial charge in [0.15, 0.2) is 11.5 Å². The van der Waals surface area contributed by atoms with E-state index in [2.05, 4.69) is 9.97 Å². The van der Waals surface area contributed by atoms with E-state index >= 15 is 0 Å². The van der Waals surface area contributed by atoms with Crippen LogP contribution < -0.4 is 15.2 Å². The minimum Gasteiger partial charge on any atom is -0.493 e. The molecule has 19 heavy (non-hydrogen) atoms. The number of benzene rings is 1. The lowest BCUT2D eigenvalue weighted by Crippen LogP contribution is -2.02. The summed E-state index contributed by atoms with van der Waals surface area (Å²) in [6, 6.07) is 5.76. The van der Waals surface area contributed by atoms with E-state index in [1.807, 2.05) is 31.3 Å². The van der Waals surface area contributed by atoms with Gasteiger partial charge in [-0.2, -0.15) is 0 Å². The number of methoxy groups -OCH3 is 1. The predicted molar refractivity (Wildman–Crippen MR) is 74.5 cm³/mol. The third-order valence-electron chi connectivity index (χ3n) is 2.78. The Morgan fingerprint density at radius 3 is 2.84 bits per heavy atom. The van der Waals surface area contributed by atoms with Crippen LogP contribution in [0.1, 0.15) is 12.6 Å². The van der Waals surface area contributed by atoms with E-state index in [1.165, 1.54) is 0 Å². The van der Waals surface area contributed by atoms with Crippen LogP contribution in [0.25, 0.3) is 11.4 Å². The van der Waals surface area contributed by atoms with Gasteiger partial charge in [0.1, 0.15) is 5.82 Å². The minimum absolute atomic E-state index is 0.594. The van der Waals surface area contributed by atoms with Crippen LogP contribution in [-0.4, -0.2) is 30.2 Å². The first-order chi connectivity index (χ1) is 9.28. The SMILES string of the molecule is CCOc1cc(-c2ncc(CCN)[nH]2)ccc1OC. The van der Waals surface area contributed by atoms with Gasteiger partial charge in [0, 0.05) is 23.9 Å². The topological polar surface area (TPSA) is 73.2 Å². The Morgan fingerprint density at radius 1 is 1.32 bits per heavy atom. The number of nitrogens with two attached hydrogens (primary N) is 1. The van der Waals surface area contributed by atoms with Gasteiger partial charge in [-0.3, -0.25) is 0 Å². The molecule has 0 unspecified atom stereocenters. The van der Waals surface area contributed by atoms with E-state index < -0.39 is 0 Å². The Balaban J connectivity index is 2.30. The third-order valence-corrected chi connectivity index (χ3v) is 2.78. The monoisotopic (exact) mass is 261 g/mol. The number of aromatic amines is 1. The fraction of sp³-hybridized carbons (Fsp3) is 0.357. The first-order valence-electron chi connectivity index (χ1n) is 6.33. The Kier molecular flexibility index (Phi) is 4.41. The quantitative estimate of drug-likeness (QED) is 0.834. The zero-order valence-electron chi connectivity index (χ0n) is 11.3. The van der Waals surface area contributed by atoms with Gasteiger partial charge in [0.25, 0.3) is 0 Å². The van der Waals surface area contributed by atoms with Crippen molar-refractivity contribution in [3.8, 4) is 22.9 Å². The van der Waals surface area contributed by atoms with E-state index in [-0.39, 0.29) is 0 Å². The van der Waals surface area contributed by atoms with Crippen LogP contribution in [0.15, 0.2) is 24.4 Å². The van der Waals surface area contributed by atoms with Crippen LogP contribution in [0.3, 0.4) is 0 Å². The molecule has 0 amide bonds. The van der Waals surface area contributed by atoms with E-state index in [0.717, 1.165) is 35.0 Å². The summed E-state index contributed by atoms with van der Waals surface area (Å²) < 4.78 is 10.8. The van der Waals surface area contributed by atoms with Crippen LogP contribution in [0, 0.1) is 0 Å². The molecule has 0 radical (unpaired) electrons. The molecule has 0 saturated heterocycles. The van der Waals surface area contributed by atoms with Crippen molar-refractivity contribution in [3.05, 3.63) is 30.1 Å². The maximum absolute atomic E-state index is 5.56. The van der Waals surface area contributed by atoms with E-state index in [0.29, 0.717) is 13.2 Å². The van der Waals surface area contributed by atoms with Gasteiger partial charge in [-0.15, -0.1) is 0 Å². The van der Waals surface area contributed by atoms with Gasteiger partial charge < -0.3 is 20.2 Å². The van der Waals surface area contributed by atoms with Crippen molar-refractivity contribution in [1.82, 2.24) is 9.97 Å². The summed E-state index contributed by atoms with van der Waals surface area (Å²) in [6.07, 6.45) is 2.61. The standard InChI is InChI=1S/C14H19N3O2/c1-3-19-13-8-10(4-5-12(13)18-2)14-16-9-11(17-14)6-7-15/h4-5,8-9H,3,6-7,15H2,1-2H3,(H,16,17). The fourth-order valence-electron chi connectivity index (χ4n) is 1.88. The Labute approximate surface area is 112 Å². The van der Waals surface area contributed by atoms with Gasteiger partial charge >= 0.3 is 0 Å². The first-order valence-corrected chi connectivity index (χ1v) is 6.33. The lowest BCUT2D eigenvalue weighted by atomic mass is 10.2. The van der Waals surface area contributed by atoms with Gasteiger partial charge in [0.2, 0.25) is 0 Å². The predicted octanol–water partition coefficient (Wildman–Crippen LogP) is 1.99. The summed E-state index contributed by atoms with van der Waals surface area (Å²) >= 11 is 0. The smallest absolute Gasteiger partial charge is 0.161 e. The zero-order valence-corrected chi connectivity index (χ0v) is 11.3. The summed E-state index contributed by atoms with van der Waals surface area (Å²) in [4.78, 5) is 7.60. The number of rotatable bonds is 6. The molecule has 0 atom stereocenters. The highest BCUT2D eigenvalue weighted by molar-refractivity contribution is 5.61. The van der Waals surface area contributed by atoms with Crippen molar-refractivity contribution in [3.63, 3.8) is 0 Å². The molecule has 102 valence electrons. The molecule has 3 N–H and O–H groups in total. The van der Waals surface area contributed by atoms with E-state index in [9.17, 15) is 0 Å². The van der Waals surface area contributed by atoms with Crippen LogP contribution in [0.5, 0.6) is 11.5 Å². The fourth-order valence-corrected chi connectivity index (χ4v) is 1.88. The van der Waals surface area contributed by atoms with Gasteiger partial charge in [-0.1, -0.05) is 0 Å². The lowest BCUT2D eigenvalue weighted by molar-refractivity contribution is 0.311. The van der Waals surface area contributed by atoms with Crippen LogP contribution in [0.4, 0.5) is 0 Å². The Morgan fingerprint density at radius 2 is 2.16 bits per heavy atom. The molecule has 0 bridgehead atoms. The Hall–Kier alpha value is -2.01. The van der Waals surface area contributed by atoms with Crippen molar-refractivity contribution in [2.24, 2.45) is 5.73 Å². The van der Waals surface area contributed by atoms with Crippen molar-refractivity contribution in [2.75, 3.05) is 20.3 Å². The Bertz CT molecular complexity index is 537. The molecule has 1 heterocycles. The molecule has 0 fully saturated rings. The third kappa shape index (κ3) is 3.06. The first kappa shape index (κ1) is 13.4. The molecule has 1 aromatic heterocycles. The molecule has 5 heteroatoms. The highest BCUT2D eigenvalue weighted by Gasteiger charge is 2.09. The average Bonchev–Trinajstić information content (AvgIpc) is 2.88. The van der Waals surface area contributed by atoms with Crippen LogP contribution in [0.2, 0.25) is 0 Å². The van der Waals surface area contributed by atoms with Gasteiger partial charge in [-0.05, 0) is 31.7 Å². The maximum atomic E-state index is 5.56. The second kappa shape index (κ2) is 6.24. The molecule has 0 saturated carbocycles. The molecule has 0 aliphatic heterocycles. The second-order valence-corrected chi connectivity index (χ2v) is 4.09. The number of nitrogens with zero attached hydrogens (tertiary/aromatic N) is 1. The lowest BCUT2D eigenvalue weighted by Gasteiger charge is -2.10. The summed E-state index contributed by atoms with van der Waals surface area (Å²) in [6.45, 7) is 3.14. The number of hydrogen-bond donors (Lipinski definition) is 2. The minimum atomic E-state index is 0.594. The van der Waals surface area contributed by atoms with Crippen molar-refractivity contribution >= 4 is 0 Å². The summed E-state index contributed by atoms with van der Waals surface area (Å²) in [5, 5.41) is 0. The summed E-state index contributed by atoms with van der Waals surface area (Å²) in [5.41, 5.74) is 7.52. The number of H-pyrrole nitrogens is 1. The molecule has 2 aromatic rings. The van der Waals surface area contributed by atoms with E-state index in [1.54, 1.807) is 7.11 Å². The largest absolute Gasteiger partial charge is 0.493 e. The van der Waals surface area contributed by atoms with Crippen molar-refractivity contribution in [2.45, 2.75) is 13.3 Å². The molecule has 5 nitrogen and oxygen atoms in total. The second-order valence-electron chi connectivity index (χ2n) is 4.09. The number of nitrogens with one attached hydrogen (secondary N) is 1. The molecule has 0 aliphatic rings. The summed E-state index contributed by atoms with van der Waals surface area (Å²) in [5.74, 6) is 2.26. The summed E-state index contributed by atoms with van der Waals surface area (Å²) in [7, 11) is 1.63. The molecular formula is C14H19N3O2. The molecule has 2 rings (SSSR count). The molecular weight excluding hydrogens is 242 g/mol. The van der Waals surface area contributed by atoms with Crippen LogP contribution in [-0.2, 0) is 6.42 Å². The van der Waals surface area contributed by atoms with Gasteiger partial charge in [-0.25, -0.2) is 4.98 Å². The van der Waals surface area contributed by atoms with Crippen molar-refractivity contribution < 1.29 is 9.47 Å². The highest BCUT2D eigenvalue weighted by Crippen LogP contribution is 2.31. The molecule has 0 spiro atoms. The maximum Gasteiger partial charge on any atom is 0.161 e. The zero-order chi connectivity index (χ0) is 13.7. The number of ether oxygens (including phenoxy) is 2. The number of imidazole rings is 1. The molecule has 1 aromatic carbocycles. The number of aromatic nitrogens is 2. The van der Waals surface area contributed by atoms with E-state index in [4.69, 9.17) is 15.2 Å².